The zero-order chi connectivity index (χ0) is 30.4. The highest BCUT2D eigenvalue weighted by molar-refractivity contribution is 7.14. The molecule has 0 amide bonds. The van der Waals surface area contributed by atoms with Gasteiger partial charge in [-0.25, -0.2) is 14.8 Å². The van der Waals surface area contributed by atoms with E-state index in [1.54, 1.807) is 35.7 Å². The number of thiazole rings is 1. The number of halogens is 3. The number of hydrogen-bond acceptors (Lipinski definition) is 10. The molecule has 1 unspecified atom stereocenters. The summed E-state index contributed by atoms with van der Waals surface area (Å²) in [5.41, 5.74) is 3.11. The summed E-state index contributed by atoms with van der Waals surface area (Å²) in [5, 5.41) is 7.14. The molecule has 0 N–H and O–H groups in total. The standard InChI is InChI=1S/C31H29F3N4O5S/c1-40-29(39)24-11-8-18(14-35-24)25-16-44-30(36-25)38-19-9-10-20(38)13-21(12-19)41-15-23-27(37-43-28(23)17-6-7-17)22-4-2-3-5-26(22)42-31(32,33)34/h2-5,8,11,14,16-17,19-21H,6-7,9-10,12-13,15H2,1H3/t19-,20?,21+/m1/s1. The normalized spacial score (nSPS) is 21.5. The molecule has 3 aromatic heterocycles. The Labute approximate surface area is 254 Å². The van der Waals surface area contributed by atoms with E-state index >= 15 is 0 Å². The van der Waals surface area contributed by atoms with Crippen LogP contribution in [0.25, 0.3) is 22.5 Å². The number of carbonyl (C=O) groups excluding carboxylic acids is 1. The van der Waals surface area contributed by atoms with Gasteiger partial charge in [0.1, 0.15) is 22.9 Å². The van der Waals surface area contributed by atoms with Crippen LogP contribution < -0.4 is 9.64 Å². The molecule has 5 heterocycles. The highest BCUT2D eigenvalue weighted by atomic mass is 32.1. The van der Waals surface area contributed by atoms with Crippen molar-refractivity contribution in [1.29, 1.82) is 0 Å². The first-order valence-electron chi connectivity index (χ1n) is 14.5. The number of anilines is 1. The highest BCUT2D eigenvalue weighted by Crippen LogP contribution is 2.47. The zero-order valence-corrected chi connectivity index (χ0v) is 24.6. The first kappa shape index (κ1) is 28.8. The van der Waals surface area contributed by atoms with Gasteiger partial charge in [0.25, 0.3) is 0 Å². The number of carbonyl (C=O) groups is 1. The van der Waals surface area contributed by atoms with E-state index in [4.69, 9.17) is 19.0 Å². The smallest absolute Gasteiger partial charge is 0.464 e. The molecule has 1 aliphatic carbocycles. The van der Waals surface area contributed by atoms with Crippen LogP contribution in [0.4, 0.5) is 18.3 Å². The number of aromatic nitrogens is 3. The summed E-state index contributed by atoms with van der Waals surface area (Å²) < 4.78 is 60.6. The number of hydrogen-bond donors (Lipinski definition) is 0. The number of methoxy groups -OCH3 is 1. The minimum atomic E-state index is -4.83. The molecule has 44 heavy (non-hydrogen) atoms. The minimum Gasteiger partial charge on any atom is -0.464 e. The van der Waals surface area contributed by atoms with Crippen molar-refractivity contribution in [3.8, 4) is 28.3 Å². The summed E-state index contributed by atoms with van der Waals surface area (Å²) in [5.74, 6) is 0.0870. The van der Waals surface area contributed by atoms with Gasteiger partial charge in [-0.15, -0.1) is 24.5 Å². The third-order valence-electron chi connectivity index (χ3n) is 8.45. The second-order valence-corrected chi connectivity index (χ2v) is 12.2. The Kier molecular flexibility index (Phi) is 7.53. The van der Waals surface area contributed by atoms with E-state index in [1.807, 2.05) is 11.4 Å². The van der Waals surface area contributed by atoms with Gasteiger partial charge in [0, 0.05) is 46.3 Å². The minimum absolute atomic E-state index is 0.0188. The number of nitrogens with zero attached hydrogens (tertiary/aromatic N) is 4. The van der Waals surface area contributed by atoms with Gasteiger partial charge in [0.15, 0.2) is 5.13 Å². The Morgan fingerprint density at radius 3 is 2.55 bits per heavy atom. The number of fused-ring (bicyclic) bond motifs is 2. The number of piperidine rings is 1. The summed E-state index contributed by atoms with van der Waals surface area (Å²) >= 11 is 1.58. The van der Waals surface area contributed by atoms with E-state index in [-0.39, 0.29) is 47.7 Å². The number of alkyl halides is 3. The van der Waals surface area contributed by atoms with Crippen molar-refractivity contribution in [2.75, 3.05) is 12.0 Å². The molecule has 7 rings (SSSR count). The first-order valence-corrected chi connectivity index (χ1v) is 15.4. The fraction of sp³-hybridized carbons (Fsp3) is 0.419. The fourth-order valence-electron chi connectivity index (χ4n) is 6.28. The van der Waals surface area contributed by atoms with Crippen molar-refractivity contribution in [3.05, 3.63) is 65.0 Å². The van der Waals surface area contributed by atoms with Crippen molar-refractivity contribution in [2.24, 2.45) is 0 Å². The van der Waals surface area contributed by atoms with E-state index in [0.717, 1.165) is 54.9 Å². The van der Waals surface area contributed by atoms with Gasteiger partial charge in [-0.1, -0.05) is 17.3 Å². The molecular formula is C31H29F3N4O5S. The largest absolute Gasteiger partial charge is 0.573 e. The molecular weight excluding hydrogens is 597 g/mol. The fourth-order valence-corrected chi connectivity index (χ4v) is 7.25. The van der Waals surface area contributed by atoms with Crippen LogP contribution in [0.5, 0.6) is 5.75 Å². The molecule has 3 aliphatic rings. The Morgan fingerprint density at radius 1 is 1.09 bits per heavy atom. The van der Waals surface area contributed by atoms with E-state index in [2.05, 4.69) is 19.8 Å². The molecule has 13 heteroatoms. The number of benzene rings is 1. The van der Waals surface area contributed by atoms with Crippen LogP contribution in [0.3, 0.4) is 0 Å². The maximum atomic E-state index is 13.1. The quantitative estimate of drug-likeness (QED) is 0.180. The summed E-state index contributed by atoms with van der Waals surface area (Å²) in [6, 6.07) is 9.97. The van der Waals surface area contributed by atoms with Crippen LogP contribution in [0, 0.1) is 0 Å². The predicted molar refractivity (Wildman–Crippen MR) is 154 cm³/mol. The third-order valence-corrected chi connectivity index (χ3v) is 9.31. The Balaban J connectivity index is 1.05. The Morgan fingerprint density at radius 2 is 1.86 bits per heavy atom. The Hall–Kier alpha value is -3.97. The maximum Gasteiger partial charge on any atom is 0.573 e. The number of esters is 1. The molecule has 4 aromatic rings. The zero-order valence-electron chi connectivity index (χ0n) is 23.8. The molecule has 0 radical (unpaired) electrons. The molecule has 9 nitrogen and oxygen atoms in total. The number of rotatable bonds is 9. The number of pyridine rings is 1. The molecule has 0 spiro atoms. The highest BCUT2D eigenvalue weighted by Gasteiger charge is 2.43. The van der Waals surface area contributed by atoms with Gasteiger partial charge >= 0.3 is 12.3 Å². The summed E-state index contributed by atoms with van der Waals surface area (Å²) in [6.45, 7) is 0.199. The molecule has 3 fully saturated rings. The second kappa shape index (κ2) is 11.5. The van der Waals surface area contributed by atoms with Crippen molar-refractivity contribution in [2.45, 2.75) is 75.6 Å². The van der Waals surface area contributed by atoms with Crippen LogP contribution >= 0.6 is 11.3 Å². The van der Waals surface area contributed by atoms with Crippen molar-refractivity contribution in [1.82, 2.24) is 15.1 Å². The van der Waals surface area contributed by atoms with Crippen LogP contribution in [0.15, 0.2) is 52.5 Å². The third kappa shape index (κ3) is 5.77. The molecule has 2 aliphatic heterocycles. The van der Waals surface area contributed by atoms with Crippen molar-refractivity contribution < 1.29 is 36.7 Å². The maximum absolute atomic E-state index is 13.1. The van der Waals surface area contributed by atoms with E-state index in [0.29, 0.717) is 17.0 Å². The average molecular weight is 627 g/mol. The first-order chi connectivity index (χ1) is 21.3. The van der Waals surface area contributed by atoms with Gasteiger partial charge < -0.3 is 23.6 Å². The molecule has 1 saturated carbocycles. The lowest BCUT2D eigenvalue weighted by Crippen LogP contribution is -2.45. The van der Waals surface area contributed by atoms with Crippen LogP contribution in [-0.2, 0) is 16.1 Å². The van der Waals surface area contributed by atoms with Crippen LogP contribution in [0.1, 0.15) is 66.3 Å². The number of para-hydroxylation sites is 1. The Bertz CT molecular complexity index is 1640. The van der Waals surface area contributed by atoms with Gasteiger partial charge in [-0.2, -0.15) is 0 Å². The molecule has 1 aromatic carbocycles. The van der Waals surface area contributed by atoms with E-state index < -0.39 is 12.3 Å². The molecule has 2 bridgehead atoms. The second-order valence-electron chi connectivity index (χ2n) is 11.3. The SMILES string of the molecule is COC(=O)c1ccc(-c2csc(N3C4CC[C@@H]3C[C@H](OCc3c(-c5ccccc5OC(F)(F)F)noc3C3CC3)C4)n2)cn1. The summed E-state index contributed by atoms with van der Waals surface area (Å²) in [4.78, 5) is 23.2. The lowest BCUT2D eigenvalue weighted by Gasteiger charge is -2.38. The summed E-state index contributed by atoms with van der Waals surface area (Å²) in [6.07, 6.45) is 2.37. The number of ether oxygens (including phenoxy) is 3. The van der Waals surface area contributed by atoms with Gasteiger partial charge in [0.2, 0.25) is 0 Å². The molecule has 2 saturated heterocycles. The predicted octanol–water partition coefficient (Wildman–Crippen LogP) is 7.14. The monoisotopic (exact) mass is 626 g/mol. The molecule has 230 valence electrons. The van der Waals surface area contributed by atoms with Gasteiger partial charge in [-0.05, 0) is 62.8 Å². The van der Waals surface area contributed by atoms with E-state index in [1.165, 1.54) is 19.2 Å². The topological polar surface area (TPSA) is 99.8 Å². The van der Waals surface area contributed by atoms with Crippen LogP contribution in [0.2, 0.25) is 0 Å². The van der Waals surface area contributed by atoms with Gasteiger partial charge in [-0.3, -0.25) is 0 Å². The summed E-state index contributed by atoms with van der Waals surface area (Å²) in [7, 11) is 1.32. The van der Waals surface area contributed by atoms with Crippen molar-refractivity contribution in [3.63, 3.8) is 0 Å². The lowest BCUT2D eigenvalue weighted by molar-refractivity contribution is -0.274. The van der Waals surface area contributed by atoms with Crippen molar-refractivity contribution >= 4 is 22.4 Å². The lowest BCUT2D eigenvalue weighted by atomic mass is 10.00. The van der Waals surface area contributed by atoms with Gasteiger partial charge in [0.05, 0.1) is 25.5 Å². The van der Waals surface area contributed by atoms with E-state index in [9.17, 15) is 18.0 Å². The molecule has 3 atom stereocenters. The van der Waals surface area contributed by atoms with Crippen LogP contribution in [-0.4, -0.2) is 52.8 Å². The average Bonchev–Trinajstić information content (AvgIpc) is 3.48.